The van der Waals surface area contributed by atoms with Gasteiger partial charge in [-0.2, -0.15) is 0 Å². The fourth-order valence-electron chi connectivity index (χ4n) is 4.29. The van der Waals surface area contributed by atoms with Gasteiger partial charge >= 0.3 is 6.29 Å². The lowest BCUT2D eigenvalue weighted by molar-refractivity contribution is -0.636. The van der Waals surface area contributed by atoms with E-state index < -0.39 is 18.2 Å². The molecule has 3 aliphatic heterocycles. The number of β-amino-alcohol motifs (C(OH)–C–C–N with tert-alkyl or cyclic N) is 1. The lowest BCUT2D eigenvalue weighted by Gasteiger charge is -2.28. The second-order valence-corrected chi connectivity index (χ2v) is 7.96. The van der Waals surface area contributed by atoms with Gasteiger partial charge in [0.05, 0.1) is 28.7 Å². The Morgan fingerprint density at radius 2 is 2.24 bits per heavy atom. The van der Waals surface area contributed by atoms with Gasteiger partial charge in [-0.25, -0.2) is 9.71 Å². The first kappa shape index (κ1) is 20.2. The lowest BCUT2D eigenvalue weighted by atomic mass is 9.95. The van der Waals surface area contributed by atoms with E-state index in [0.29, 0.717) is 50.3 Å². The number of nitrogens with one attached hydrogen (secondary N) is 4. The molecule has 3 heterocycles. The first-order chi connectivity index (χ1) is 14.0. The molecular weight excluding hydrogens is 377 g/mol. The highest BCUT2D eigenvalue weighted by Gasteiger charge is 2.41. The van der Waals surface area contributed by atoms with E-state index in [0.717, 1.165) is 15.9 Å². The van der Waals surface area contributed by atoms with E-state index in [-0.39, 0.29) is 17.9 Å². The quantitative estimate of drug-likeness (QED) is 0.474. The molecule has 1 saturated heterocycles. The van der Waals surface area contributed by atoms with Crippen LogP contribution in [-0.2, 0) is 6.42 Å². The number of benzene rings is 1. The Morgan fingerprint density at radius 1 is 1.41 bits per heavy atom. The molecular formula is C20H29FN5O3+. The summed E-state index contributed by atoms with van der Waals surface area (Å²) >= 11 is 0. The van der Waals surface area contributed by atoms with Gasteiger partial charge in [0.2, 0.25) is 0 Å². The van der Waals surface area contributed by atoms with Crippen molar-refractivity contribution in [2.75, 3.05) is 32.1 Å². The topological polar surface area (TPSA) is 97.7 Å². The average Bonchev–Trinajstić information content (AvgIpc) is 3.04. The van der Waals surface area contributed by atoms with Gasteiger partial charge in [0.15, 0.2) is 5.82 Å². The monoisotopic (exact) mass is 406 g/mol. The number of hydrogen-bond acceptors (Lipinski definition) is 7. The minimum absolute atomic E-state index is 0.0984. The maximum absolute atomic E-state index is 15.7. The van der Waals surface area contributed by atoms with Gasteiger partial charge in [0, 0.05) is 48.9 Å². The van der Waals surface area contributed by atoms with Crippen LogP contribution in [-0.4, -0.2) is 61.2 Å². The van der Waals surface area contributed by atoms with E-state index in [1.165, 1.54) is 0 Å². The molecule has 0 radical (unpaired) electrons. The summed E-state index contributed by atoms with van der Waals surface area (Å²) in [6.07, 6.45) is 1.88. The number of nitroso groups, excluding NO2 is 1. The maximum atomic E-state index is 15.7. The Hall–Kier alpha value is -2.07. The maximum Gasteiger partial charge on any atom is 0.335 e. The molecule has 1 fully saturated rings. The Labute approximate surface area is 169 Å². The second kappa shape index (κ2) is 8.35. The van der Waals surface area contributed by atoms with Crippen LogP contribution >= 0.6 is 0 Å². The normalized spacial score (nSPS) is 29.7. The molecule has 1 aromatic rings. The lowest BCUT2D eigenvalue weighted by Crippen LogP contribution is -2.60. The Morgan fingerprint density at radius 3 is 3.03 bits per heavy atom. The smallest absolute Gasteiger partial charge is 0.335 e. The van der Waals surface area contributed by atoms with Crippen LogP contribution in [0.15, 0.2) is 12.1 Å². The number of ether oxygens (including phenoxy) is 1. The molecule has 4 unspecified atom stereocenters. The van der Waals surface area contributed by atoms with Crippen LogP contribution in [0.3, 0.4) is 0 Å². The van der Waals surface area contributed by atoms with Crippen LogP contribution in [0.5, 0.6) is 5.75 Å². The predicted molar refractivity (Wildman–Crippen MR) is 108 cm³/mol. The number of aliphatic hydroxyl groups is 1. The molecule has 3 aliphatic rings. The summed E-state index contributed by atoms with van der Waals surface area (Å²) in [5, 5.41) is 22.5. The van der Waals surface area contributed by atoms with Crippen LogP contribution in [0.1, 0.15) is 30.9 Å². The summed E-state index contributed by atoms with van der Waals surface area (Å²) in [5.41, 5.74) is 2.28. The molecule has 0 amide bonds. The number of nitrogens with zero attached hydrogens (tertiary/aromatic N) is 1. The van der Waals surface area contributed by atoms with Gasteiger partial charge in [-0.05, 0) is 25.6 Å². The van der Waals surface area contributed by atoms with Crippen molar-refractivity contribution >= 4 is 11.3 Å². The van der Waals surface area contributed by atoms with Crippen molar-refractivity contribution in [1.29, 1.82) is 0 Å². The van der Waals surface area contributed by atoms with Gasteiger partial charge in [-0.15, -0.1) is 0 Å². The van der Waals surface area contributed by atoms with Crippen molar-refractivity contribution in [3.8, 4) is 5.75 Å². The highest BCUT2D eigenvalue weighted by atomic mass is 19.1. The standard InChI is InChI=1S/C20H29FN5O3/c1-11-7-16(22-2)26(28)20(24-11)25-15-9-13-4-6-29-19(13)17(18(15)21)12-3-5-23-10-14(27)8-12/h3,9,11,14,16,20,22-25,27H,4-8,10H2,1-2H3/q+1. The minimum atomic E-state index is -0.755. The van der Waals surface area contributed by atoms with Crippen LogP contribution in [0.25, 0.3) is 5.57 Å². The Kier molecular flexibility index (Phi) is 5.82. The van der Waals surface area contributed by atoms with Crippen molar-refractivity contribution in [3.63, 3.8) is 0 Å². The summed E-state index contributed by atoms with van der Waals surface area (Å²) in [6.45, 7) is 3.50. The summed E-state index contributed by atoms with van der Waals surface area (Å²) < 4.78 is 22.3. The average molecular weight is 406 g/mol. The zero-order valence-electron chi connectivity index (χ0n) is 16.8. The number of anilines is 1. The number of rotatable bonds is 4. The van der Waals surface area contributed by atoms with Gasteiger partial charge in [-0.1, -0.05) is 6.08 Å². The first-order valence-electron chi connectivity index (χ1n) is 10.2. The Bertz CT molecular complexity index is 831. The summed E-state index contributed by atoms with van der Waals surface area (Å²) in [6, 6.07) is 1.83. The van der Waals surface area contributed by atoms with Crippen molar-refractivity contribution < 1.29 is 19.0 Å². The third-order valence-electron chi connectivity index (χ3n) is 5.77. The highest BCUT2D eigenvalue weighted by Crippen LogP contribution is 2.41. The summed E-state index contributed by atoms with van der Waals surface area (Å²) in [5.74, 6) is 0.0888. The van der Waals surface area contributed by atoms with E-state index in [2.05, 4.69) is 21.3 Å². The number of hydrogen-bond donors (Lipinski definition) is 5. The SMILES string of the molecule is CNC1CC(C)NC(Nc2cc3c(c(C4=CCNCC(O)C4)c2F)OCC3)[N+]1=O. The van der Waals surface area contributed by atoms with Crippen molar-refractivity contribution in [2.24, 2.45) is 0 Å². The molecule has 0 bridgehead atoms. The van der Waals surface area contributed by atoms with Crippen molar-refractivity contribution in [1.82, 2.24) is 16.0 Å². The fourth-order valence-corrected chi connectivity index (χ4v) is 4.29. The molecule has 4 atom stereocenters. The molecule has 0 aromatic heterocycles. The van der Waals surface area contributed by atoms with E-state index in [1.807, 2.05) is 13.0 Å². The largest absolute Gasteiger partial charge is 0.492 e. The molecule has 29 heavy (non-hydrogen) atoms. The predicted octanol–water partition coefficient (Wildman–Crippen LogP) is 0.900. The van der Waals surface area contributed by atoms with Gasteiger partial charge in [-0.3, -0.25) is 5.32 Å². The number of aliphatic hydroxyl groups excluding tert-OH is 1. The van der Waals surface area contributed by atoms with E-state index in [4.69, 9.17) is 4.74 Å². The van der Waals surface area contributed by atoms with Crippen LogP contribution in [0, 0.1) is 10.7 Å². The van der Waals surface area contributed by atoms with Crippen molar-refractivity contribution in [3.05, 3.63) is 34.0 Å². The molecule has 4 rings (SSSR count). The Balaban J connectivity index is 1.70. The molecule has 0 saturated carbocycles. The van der Waals surface area contributed by atoms with E-state index in [9.17, 15) is 10.0 Å². The summed E-state index contributed by atoms with van der Waals surface area (Å²) in [4.78, 5) is 12.7. The molecule has 158 valence electrons. The zero-order valence-corrected chi connectivity index (χ0v) is 16.8. The minimum Gasteiger partial charge on any atom is -0.492 e. The molecule has 5 N–H and O–H groups in total. The highest BCUT2D eigenvalue weighted by molar-refractivity contribution is 5.77. The van der Waals surface area contributed by atoms with Crippen LogP contribution in [0.4, 0.5) is 10.1 Å². The zero-order chi connectivity index (χ0) is 20.5. The summed E-state index contributed by atoms with van der Waals surface area (Å²) in [7, 11) is 1.74. The van der Waals surface area contributed by atoms with E-state index in [1.54, 1.807) is 13.1 Å². The van der Waals surface area contributed by atoms with Gasteiger partial charge in [0.25, 0.3) is 6.17 Å². The van der Waals surface area contributed by atoms with Crippen LogP contribution in [0.2, 0.25) is 0 Å². The number of halogens is 1. The molecule has 0 aliphatic carbocycles. The third kappa shape index (κ3) is 4.00. The molecule has 0 spiro atoms. The molecule has 9 heteroatoms. The third-order valence-corrected chi connectivity index (χ3v) is 5.77. The molecule has 8 nitrogen and oxygen atoms in total. The second-order valence-electron chi connectivity index (χ2n) is 7.96. The molecule has 1 aromatic carbocycles. The van der Waals surface area contributed by atoms with Gasteiger partial charge < -0.3 is 20.5 Å². The van der Waals surface area contributed by atoms with Crippen LogP contribution < -0.4 is 26.0 Å². The first-order valence-corrected chi connectivity index (χ1v) is 10.2. The van der Waals surface area contributed by atoms with E-state index >= 15 is 4.39 Å². The number of fused-ring (bicyclic) bond motifs is 1. The van der Waals surface area contributed by atoms with Gasteiger partial charge in [0.1, 0.15) is 5.75 Å². The fraction of sp³-hybridized carbons (Fsp3) is 0.600. The van der Waals surface area contributed by atoms with Crippen molar-refractivity contribution in [2.45, 2.75) is 50.8 Å².